The standard InChI is InChI=1S/C16H7Cl3N2OS2/c17-7-2-4-11-10(5-7)20-16(24-11)21-15(22)14-13(19)9-3-1-8(18)6-12(9)23-14/h1-6H,(H,20,21,22). The zero-order chi connectivity index (χ0) is 16.8. The van der Waals surface area contributed by atoms with E-state index in [4.69, 9.17) is 34.8 Å². The smallest absolute Gasteiger partial charge is 0.269 e. The molecule has 0 radical (unpaired) electrons. The molecule has 0 bridgehead atoms. The normalized spacial score (nSPS) is 11.3. The van der Waals surface area contributed by atoms with Gasteiger partial charge in [-0.25, -0.2) is 4.98 Å². The summed E-state index contributed by atoms with van der Waals surface area (Å²) in [5.41, 5.74) is 0.747. The highest BCUT2D eigenvalue weighted by molar-refractivity contribution is 7.23. The SMILES string of the molecule is O=C(Nc1nc2cc(Cl)ccc2s1)c1sc2cc(Cl)ccc2c1Cl. The van der Waals surface area contributed by atoms with Crippen LogP contribution >= 0.6 is 57.5 Å². The van der Waals surface area contributed by atoms with Crippen molar-refractivity contribution in [2.45, 2.75) is 0 Å². The molecule has 2 heterocycles. The topological polar surface area (TPSA) is 42.0 Å². The Kier molecular flexibility index (Phi) is 4.14. The van der Waals surface area contributed by atoms with Gasteiger partial charge in [-0.1, -0.05) is 52.2 Å². The number of halogens is 3. The summed E-state index contributed by atoms with van der Waals surface area (Å²) in [5.74, 6) is -0.289. The largest absolute Gasteiger partial charge is 0.297 e. The second-order valence-corrected chi connectivity index (χ2v) is 8.30. The third-order valence-corrected chi connectivity index (χ3v) is 6.45. The molecule has 0 aliphatic heterocycles. The number of carbonyl (C=O) groups is 1. The first-order valence-corrected chi connectivity index (χ1v) is 9.53. The first-order chi connectivity index (χ1) is 11.5. The van der Waals surface area contributed by atoms with E-state index in [2.05, 4.69) is 10.3 Å². The van der Waals surface area contributed by atoms with Crippen LogP contribution in [0, 0.1) is 0 Å². The highest BCUT2D eigenvalue weighted by atomic mass is 35.5. The summed E-state index contributed by atoms with van der Waals surface area (Å²) >= 11 is 21.0. The number of carbonyl (C=O) groups excluding carboxylic acids is 1. The van der Waals surface area contributed by atoms with Crippen LogP contribution in [0.4, 0.5) is 5.13 Å². The number of hydrogen-bond acceptors (Lipinski definition) is 4. The van der Waals surface area contributed by atoms with E-state index in [-0.39, 0.29) is 5.91 Å². The Bertz CT molecular complexity index is 1100. The van der Waals surface area contributed by atoms with Crippen LogP contribution in [0.3, 0.4) is 0 Å². The molecule has 1 N–H and O–H groups in total. The van der Waals surface area contributed by atoms with Gasteiger partial charge in [0.25, 0.3) is 5.91 Å². The summed E-state index contributed by atoms with van der Waals surface area (Å²) in [6.07, 6.45) is 0. The number of nitrogens with one attached hydrogen (secondary N) is 1. The second kappa shape index (κ2) is 6.17. The fourth-order valence-electron chi connectivity index (χ4n) is 2.29. The average molecular weight is 414 g/mol. The van der Waals surface area contributed by atoms with E-state index in [9.17, 15) is 4.79 Å². The minimum absolute atomic E-state index is 0.289. The van der Waals surface area contributed by atoms with E-state index in [0.29, 0.717) is 25.1 Å². The van der Waals surface area contributed by atoms with E-state index in [1.165, 1.54) is 22.7 Å². The zero-order valence-electron chi connectivity index (χ0n) is 11.8. The van der Waals surface area contributed by atoms with Crippen molar-refractivity contribution in [3.8, 4) is 0 Å². The van der Waals surface area contributed by atoms with Crippen LogP contribution < -0.4 is 5.32 Å². The molecule has 0 saturated carbocycles. The van der Waals surface area contributed by atoms with Gasteiger partial charge in [0.15, 0.2) is 5.13 Å². The summed E-state index contributed by atoms with van der Waals surface area (Å²) in [4.78, 5) is 17.4. The van der Waals surface area contributed by atoms with Crippen LogP contribution in [0.5, 0.6) is 0 Å². The number of amides is 1. The molecule has 0 atom stereocenters. The number of aromatic nitrogens is 1. The van der Waals surface area contributed by atoms with Crippen LogP contribution in [0.15, 0.2) is 36.4 Å². The highest BCUT2D eigenvalue weighted by Crippen LogP contribution is 2.37. The third-order valence-electron chi connectivity index (χ3n) is 3.37. The molecular formula is C16H7Cl3N2OS2. The summed E-state index contributed by atoms with van der Waals surface area (Å²) in [5, 5.41) is 5.76. The summed E-state index contributed by atoms with van der Waals surface area (Å²) in [6.45, 7) is 0. The molecule has 2 aromatic heterocycles. The van der Waals surface area contributed by atoms with Gasteiger partial charge < -0.3 is 0 Å². The van der Waals surface area contributed by atoms with Gasteiger partial charge in [-0.15, -0.1) is 11.3 Å². The second-order valence-electron chi connectivity index (χ2n) is 4.97. The molecule has 0 fully saturated rings. The number of hydrogen-bond donors (Lipinski definition) is 1. The molecule has 4 rings (SSSR count). The highest BCUT2D eigenvalue weighted by Gasteiger charge is 2.18. The quantitative estimate of drug-likeness (QED) is 0.396. The van der Waals surface area contributed by atoms with Crippen LogP contribution in [0.2, 0.25) is 15.1 Å². The molecule has 0 saturated heterocycles. The van der Waals surface area contributed by atoms with Crippen molar-refractivity contribution < 1.29 is 4.79 Å². The lowest BCUT2D eigenvalue weighted by Gasteiger charge is -1.98. The monoisotopic (exact) mass is 412 g/mol. The van der Waals surface area contributed by atoms with Crippen molar-refractivity contribution >= 4 is 88.8 Å². The fourth-order valence-corrected chi connectivity index (χ4v) is 4.99. The van der Waals surface area contributed by atoms with Crippen molar-refractivity contribution in [1.29, 1.82) is 0 Å². The van der Waals surface area contributed by atoms with Gasteiger partial charge in [-0.2, -0.15) is 0 Å². The maximum Gasteiger partial charge on any atom is 0.269 e. The Labute approximate surface area is 159 Å². The number of thiazole rings is 1. The Morgan fingerprint density at radius 2 is 1.71 bits per heavy atom. The maximum absolute atomic E-state index is 12.6. The van der Waals surface area contributed by atoms with Gasteiger partial charge in [0.05, 0.1) is 15.2 Å². The van der Waals surface area contributed by atoms with E-state index < -0.39 is 0 Å². The lowest BCUT2D eigenvalue weighted by molar-refractivity contribution is 0.103. The van der Waals surface area contributed by atoms with Crippen molar-refractivity contribution in [2.24, 2.45) is 0 Å². The van der Waals surface area contributed by atoms with Crippen molar-refractivity contribution in [3.63, 3.8) is 0 Å². The van der Waals surface area contributed by atoms with E-state index in [0.717, 1.165) is 20.3 Å². The lowest BCUT2D eigenvalue weighted by atomic mass is 10.2. The first kappa shape index (κ1) is 16.1. The average Bonchev–Trinajstić information content (AvgIpc) is 3.07. The number of thiophene rings is 1. The van der Waals surface area contributed by atoms with Gasteiger partial charge in [0, 0.05) is 20.1 Å². The predicted molar refractivity (Wildman–Crippen MR) is 104 cm³/mol. The van der Waals surface area contributed by atoms with E-state index >= 15 is 0 Å². The molecule has 0 spiro atoms. The van der Waals surface area contributed by atoms with Crippen molar-refractivity contribution in [3.05, 3.63) is 56.3 Å². The molecule has 0 aliphatic rings. The van der Waals surface area contributed by atoms with Crippen molar-refractivity contribution in [1.82, 2.24) is 4.98 Å². The van der Waals surface area contributed by atoms with Crippen LogP contribution in [0.1, 0.15) is 9.67 Å². The lowest BCUT2D eigenvalue weighted by Crippen LogP contribution is -2.10. The van der Waals surface area contributed by atoms with Crippen LogP contribution in [0.25, 0.3) is 20.3 Å². The molecule has 4 aromatic rings. The van der Waals surface area contributed by atoms with Gasteiger partial charge >= 0.3 is 0 Å². The minimum Gasteiger partial charge on any atom is -0.297 e. The summed E-state index contributed by atoms with van der Waals surface area (Å²) < 4.78 is 1.82. The molecule has 8 heteroatoms. The maximum atomic E-state index is 12.6. The molecule has 0 aliphatic carbocycles. The molecule has 3 nitrogen and oxygen atoms in total. The van der Waals surface area contributed by atoms with Gasteiger partial charge in [0.1, 0.15) is 4.88 Å². The number of nitrogens with zero attached hydrogens (tertiary/aromatic N) is 1. The van der Waals surface area contributed by atoms with Crippen molar-refractivity contribution in [2.75, 3.05) is 5.32 Å². The Balaban J connectivity index is 1.69. The van der Waals surface area contributed by atoms with E-state index in [1.54, 1.807) is 24.3 Å². The Morgan fingerprint density at radius 1 is 0.958 bits per heavy atom. The molecular weight excluding hydrogens is 407 g/mol. The molecule has 24 heavy (non-hydrogen) atoms. The minimum atomic E-state index is -0.289. The summed E-state index contributed by atoms with van der Waals surface area (Å²) in [6, 6.07) is 10.8. The Hall–Kier alpha value is -1.37. The predicted octanol–water partition coefficient (Wildman–Crippen LogP) is 6.72. The third kappa shape index (κ3) is 2.87. The first-order valence-electron chi connectivity index (χ1n) is 6.76. The fraction of sp³-hybridized carbons (Fsp3) is 0. The van der Waals surface area contributed by atoms with Gasteiger partial charge in [0.2, 0.25) is 0 Å². The Morgan fingerprint density at radius 3 is 2.54 bits per heavy atom. The van der Waals surface area contributed by atoms with E-state index in [1.807, 2.05) is 12.1 Å². The van der Waals surface area contributed by atoms with Gasteiger partial charge in [-0.3, -0.25) is 10.1 Å². The number of anilines is 1. The molecule has 0 unspecified atom stereocenters. The summed E-state index contributed by atoms with van der Waals surface area (Å²) in [7, 11) is 0. The molecule has 120 valence electrons. The number of benzene rings is 2. The number of rotatable bonds is 2. The zero-order valence-corrected chi connectivity index (χ0v) is 15.7. The molecule has 1 amide bonds. The molecule has 2 aromatic carbocycles. The number of fused-ring (bicyclic) bond motifs is 2. The van der Waals surface area contributed by atoms with Gasteiger partial charge in [-0.05, 0) is 30.3 Å². The van der Waals surface area contributed by atoms with Crippen LogP contribution in [-0.2, 0) is 0 Å². The van der Waals surface area contributed by atoms with Crippen LogP contribution in [-0.4, -0.2) is 10.9 Å².